The van der Waals surface area contributed by atoms with Gasteiger partial charge in [-0.05, 0) is 55.6 Å². The van der Waals surface area contributed by atoms with Crippen molar-refractivity contribution in [1.29, 1.82) is 0 Å². The molecule has 1 aromatic carbocycles. The highest BCUT2D eigenvalue weighted by atomic mass is 32.2. The number of nitrogens with zero attached hydrogens (tertiary/aromatic N) is 3. The quantitative estimate of drug-likeness (QED) is 0.502. The number of nitro benzene ring substituents is 1. The van der Waals surface area contributed by atoms with Crippen molar-refractivity contribution in [2.75, 3.05) is 12.3 Å². The Morgan fingerprint density at radius 2 is 2.04 bits per heavy atom. The summed E-state index contributed by atoms with van der Waals surface area (Å²) in [6.45, 7) is 7.51. The monoisotopic (exact) mass is 387 g/mol. The molecule has 5 nitrogen and oxygen atoms in total. The van der Waals surface area contributed by atoms with Crippen molar-refractivity contribution >= 4 is 28.3 Å². The normalized spacial score (nSPS) is 31.4. The molecule has 0 aromatic heterocycles. The summed E-state index contributed by atoms with van der Waals surface area (Å²) in [7, 11) is 0. The SMILES string of the molecule is Cc1cc([N+](=O)[O-])ccc1N=C1SCC2(CC3CCC(C3)C2)N1CC(C)C. The molecule has 1 aliphatic heterocycles. The molecule has 6 heteroatoms. The van der Waals surface area contributed by atoms with E-state index >= 15 is 0 Å². The van der Waals surface area contributed by atoms with Crippen LogP contribution in [0.4, 0.5) is 11.4 Å². The second-order valence-electron chi connectivity index (χ2n) is 9.09. The molecule has 3 aliphatic rings. The number of fused-ring (bicyclic) bond motifs is 2. The average Bonchev–Trinajstić information content (AvgIpc) is 3.10. The Morgan fingerprint density at radius 1 is 1.33 bits per heavy atom. The Labute approximate surface area is 165 Å². The first kappa shape index (κ1) is 18.8. The van der Waals surface area contributed by atoms with E-state index in [2.05, 4.69) is 18.7 Å². The van der Waals surface area contributed by atoms with Crippen LogP contribution >= 0.6 is 11.8 Å². The minimum atomic E-state index is -0.341. The number of aryl methyl sites for hydroxylation is 1. The lowest BCUT2D eigenvalue weighted by molar-refractivity contribution is -0.384. The Morgan fingerprint density at radius 3 is 2.63 bits per heavy atom. The fourth-order valence-electron chi connectivity index (χ4n) is 5.31. The van der Waals surface area contributed by atoms with Crippen LogP contribution in [-0.2, 0) is 0 Å². The first-order valence-corrected chi connectivity index (χ1v) is 11.1. The summed E-state index contributed by atoms with van der Waals surface area (Å²) in [6.07, 6.45) is 6.85. The molecule has 1 aromatic rings. The van der Waals surface area contributed by atoms with Crippen LogP contribution in [0.25, 0.3) is 0 Å². The van der Waals surface area contributed by atoms with Gasteiger partial charge in [0.25, 0.3) is 5.69 Å². The summed E-state index contributed by atoms with van der Waals surface area (Å²) in [6, 6.07) is 4.99. The van der Waals surface area contributed by atoms with E-state index in [1.165, 1.54) is 32.1 Å². The number of rotatable bonds is 4. The maximum atomic E-state index is 11.0. The van der Waals surface area contributed by atoms with E-state index < -0.39 is 0 Å². The van der Waals surface area contributed by atoms with E-state index in [0.717, 1.165) is 40.6 Å². The minimum absolute atomic E-state index is 0.134. The number of hydrogen-bond donors (Lipinski definition) is 0. The molecule has 1 spiro atoms. The molecular weight excluding hydrogens is 358 g/mol. The molecule has 4 rings (SSSR count). The summed E-state index contributed by atoms with van der Waals surface area (Å²) >= 11 is 1.89. The van der Waals surface area contributed by atoms with E-state index in [4.69, 9.17) is 4.99 Å². The average molecular weight is 388 g/mol. The molecule has 2 atom stereocenters. The number of thioether (sulfide) groups is 1. The number of aliphatic imine (C=N–C) groups is 1. The van der Waals surface area contributed by atoms with Gasteiger partial charge in [-0.3, -0.25) is 10.1 Å². The van der Waals surface area contributed by atoms with Crippen LogP contribution in [0.3, 0.4) is 0 Å². The third kappa shape index (κ3) is 3.60. The molecule has 3 fully saturated rings. The molecule has 2 bridgehead atoms. The molecule has 2 aliphatic carbocycles. The number of non-ortho nitro benzene ring substituents is 1. The van der Waals surface area contributed by atoms with Gasteiger partial charge in [0.1, 0.15) is 0 Å². The van der Waals surface area contributed by atoms with E-state index in [9.17, 15) is 10.1 Å². The maximum Gasteiger partial charge on any atom is 0.269 e. The molecule has 1 heterocycles. The van der Waals surface area contributed by atoms with Crippen LogP contribution in [0.15, 0.2) is 23.2 Å². The van der Waals surface area contributed by atoms with Crippen molar-refractivity contribution in [2.45, 2.75) is 58.4 Å². The highest BCUT2D eigenvalue weighted by Gasteiger charge is 2.51. The molecule has 1 saturated heterocycles. The smallest absolute Gasteiger partial charge is 0.269 e. The summed E-state index contributed by atoms with van der Waals surface area (Å²) in [5.41, 5.74) is 2.13. The molecule has 0 N–H and O–H groups in total. The van der Waals surface area contributed by atoms with Gasteiger partial charge in [0.2, 0.25) is 0 Å². The van der Waals surface area contributed by atoms with E-state index in [-0.39, 0.29) is 16.1 Å². The largest absolute Gasteiger partial charge is 0.344 e. The van der Waals surface area contributed by atoms with Gasteiger partial charge in [-0.2, -0.15) is 0 Å². The van der Waals surface area contributed by atoms with Crippen LogP contribution in [0.5, 0.6) is 0 Å². The molecule has 0 radical (unpaired) electrons. The molecule has 146 valence electrons. The van der Waals surface area contributed by atoms with Crippen molar-refractivity contribution in [3.05, 3.63) is 33.9 Å². The Kier molecular flexibility index (Phi) is 4.95. The van der Waals surface area contributed by atoms with Crippen molar-refractivity contribution < 1.29 is 4.92 Å². The van der Waals surface area contributed by atoms with Gasteiger partial charge in [0.05, 0.1) is 16.1 Å². The fraction of sp³-hybridized carbons (Fsp3) is 0.667. The first-order chi connectivity index (χ1) is 12.9. The predicted molar refractivity (Wildman–Crippen MR) is 112 cm³/mol. The Bertz CT molecular complexity index is 765. The minimum Gasteiger partial charge on any atom is -0.344 e. The lowest BCUT2D eigenvalue weighted by Gasteiger charge is -2.45. The zero-order chi connectivity index (χ0) is 19.2. The van der Waals surface area contributed by atoms with Crippen molar-refractivity contribution in [3.8, 4) is 0 Å². The second kappa shape index (κ2) is 7.12. The molecule has 2 unspecified atom stereocenters. The summed E-state index contributed by atoms with van der Waals surface area (Å²) in [5, 5.41) is 12.1. The van der Waals surface area contributed by atoms with Crippen LogP contribution < -0.4 is 0 Å². The lowest BCUT2D eigenvalue weighted by Crippen LogP contribution is -2.52. The number of hydrogen-bond acceptors (Lipinski definition) is 4. The zero-order valence-corrected chi connectivity index (χ0v) is 17.3. The summed E-state index contributed by atoms with van der Waals surface area (Å²) < 4.78 is 0. The standard InChI is InChI=1S/C21H29N3O2S/c1-14(2)12-23-20(22-19-7-6-18(24(25)26)8-15(19)3)27-13-21(23)10-16-4-5-17(9-16)11-21/h6-8,14,16-17H,4-5,9-13H2,1-3H3. The maximum absolute atomic E-state index is 11.0. The van der Waals surface area contributed by atoms with E-state index in [1.807, 2.05) is 18.7 Å². The molecule has 27 heavy (non-hydrogen) atoms. The highest BCUT2D eigenvalue weighted by Crippen LogP contribution is 2.53. The number of amidine groups is 1. The summed E-state index contributed by atoms with van der Waals surface area (Å²) in [5.74, 6) is 3.50. The van der Waals surface area contributed by atoms with Crippen LogP contribution in [0.1, 0.15) is 51.5 Å². The number of benzene rings is 1. The molecule has 0 amide bonds. The van der Waals surface area contributed by atoms with Crippen molar-refractivity contribution in [1.82, 2.24) is 4.90 Å². The first-order valence-electron chi connectivity index (χ1n) is 10.1. The zero-order valence-electron chi connectivity index (χ0n) is 16.5. The Balaban J connectivity index is 1.66. The molecule has 2 saturated carbocycles. The lowest BCUT2D eigenvalue weighted by atomic mass is 9.75. The predicted octanol–water partition coefficient (Wildman–Crippen LogP) is 5.54. The van der Waals surface area contributed by atoms with Crippen LogP contribution in [0.2, 0.25) is 0 Å². The third-order valence-corrected chi connectivity index (χ3v) is 7.67. The van der Waals surface area contributed by atoms with E-state index in [0.29, 0.717) is 5.92 Å². The second-order valence-corrected chi connectivity index (χ2v) is 10.0. The fourth-order valence-corrected chi connectivity index (χ4v) is 6.69. The highest BCUT2D eigenvalue weighted by molar-refractivity contribution is 8.14. The van der Waals surface area contributed by atoms with Gasteiger partial charge >= 0.3 is 0 Å². The number of nitro groups is 1. The topological polar surface area (TPSA) is 58.7 Å². The van der Waals surface area contributed by atoms with Gasteiger partial charge in [-0.15, -0.1) is 0 Å². The van der Waals surface area contributed by atoms with Gasteiger partial charge in [-0.25, -0.2) is 4.99 Å². The molecular formula is C21H29N3O2S. The van der Waals surface area contributed by atoms with Gasteiger partial charge < -0.3 is 4.90 Å². The Hall–Kier alpha value is -1.56. The van der Waals surface area contributed by atoms with Gasteiger partial charge in [0.15, 0.2) is 5.17 Å². The van der Waals surface area contributed by atoms with E-state index in [1.54, 1.807) is 18.2 Å². The van der Waals surface area contributed by atoms with Gasteiger partial charge in [-0.1, -0.05) is 38.5 Å². The third-order valence-electron chi connectivity index (χ3n) is 6.42. The van der Waals surface area contributed by atoms with Crippen molar-refractivity contribution in [3.63, 3.8) is 0 Å². The van der Waals surface area contributed by atoms with Crippen LogP contribution in [-0.4, -0.2) is 32.8 Å². The summed E-state index contributed by atoms with van der Waals surface area (Å²) in [4.78, 5) is 18.3. The van der Waals surface area contributed by atoms with Gasteiger partial charge in [0, 0.05) is 24.4 Å². The van der Waals surface area contributed by atoms with Crippen LogP contribution in [0, 0.1) is 34.8 Å². The van der Waals surface area contributed by atoms with Crippen molar-refractivity contribution in [2.24, 2.45) is 22.7 Å².